The lowest BCUT2D eigenvalue weighted by Crippen LogP contribution is -2.03. The van der Waals surface area contributed by atoms with Crippen molar-refractivity contribution in [3.63, 3.8) is 0 Å². The monoisotopic (exact) mass is 298 g/mol. The Morgan fingerprint density at radius 1 is 0.909 bits per heavy atom. The summed E-state index contributed by atoms with van der Waals surface area (Å²) < 4.78 is 10.6. The van der Waals surface area contributed by atoms with Crippen molar-refractivity contribution >= 4 is 5.97 Å². The molecule has 2 rings (SSSR count). The zero-order valence-corrected chi connectivity index (χ0v) is 13.2. The van der Waals surface area contributed by atoms with Gasteiger partial charge in [0.2, 0.25) is 0 Å². The lowest BCUT2D eigenvalue weighted by Gasteiger charge is -2.07. The molecular weight excluding hydrogens is 276 g/mol. The van der Waals surface area contributed by atoms with Crippen molar-refractivity contribution in [2.45, 2.75) is 26.7 Å². The van der Waals surface area contributed by atoms with Crippen LogP contribution in [0.15, 0.2) is 48.5 Å². The van der Waals surface area contributed by atoms with Crippen LogP contribution >= 0.6 is 0 Å². The van der Waals surface area contributed by atoms with Gasteiger partial charge in [0.25, 0.3) is 0 Å². The lowest BCUT2D eigenvalue weighted by atomic mass is 10.0. The highest BCUT2D eigenvalue weighted by Crippen LogP contribution is 2.23. The van der Waals surface area contributed by atoms with Crippen LogP contribution in [0, 0.1) is 0 Å². The molecule has 0 bridgehead atoms. The van der Waals surface area contributed by atoms with Gasteiger partial charge in [0, 0.05) is 0 Å². The maximum atomic E-state index is 11.6. The highest BCUT2D eigenvalue weighted by molar-refractivity contribution is 5.90. The van der Waals surface area contributed by atoms with Gasteiger partial charge in [-0.05, 0) is 48.7 Å². The Kier molecular flexibility index (Phi) is 6.01. The standard InChI is InChI=1S/C19H22O3/c1-3-5-14-22-18-12-10-16(11-13-18)15-6-8-17(9-7-15)19(20)21-4-2/h6-13H,3-5,14H2,1-2H3. The zero-order valence-electron chi connectivity index (χ0n) is 13.2. The van der Waals surface area contributed by atoms with Crippen molar-refractivity contribution in [1.82, 2.24) is 0 Å². The molecule has 0 aliphatic carbocycles. The van der Waals surface area contributed by atoms with Crippen molar-refractivity contribution in [1.29, 1.82) is 0 Å². The Bertz CT molecular complexity index is 585. The van der Waals surface area contributed by atoms with Crippen molar-refractivity contribution < 1.29 is 14.3 Å². The summed E-state index contributed by atoms with van der Waals surface area (Å²) in [7, 11) is 0. The van der Waals surface area contributed by atoms with Crippen molar-refractivity contribution in [3.8, 4) is 16.9 Å². The normalized spacial score (nSPS) is 10.3. The predicted octanol–water partition coefficient (Wildman–Crippen LogP) is 4.71. The third-order valence-corrected chi connectivity index (χ3v) is 3.35. The Labute approximate surface area is 131 Å². The Balaban J connectivity index is 2.03. The quantitative estimate of drug-likeness (QED) is 0.548. The zero-order chi connectivity index (χ0) is 15.8. The molecule has 0 spiro atoms. The molecule has 0 aliphatic rings. The summed E-state index contributed by atoms with van der Waals surface area (Å²) in [5, 5.41) is 0. The van der Waals surface area contributed by atoms with Gasteiger partial charge < -0.3 is 9.47 Å². The second-order valence-electron chi connectivity index (χ2n) is 5.02. The van der Waals surface area contributed by atoms with Gasteiger partial charge in [0.05, 0.1) is 18.8 Å². The molecule has 22 heavy (non-hydrogen) atoms. The number of hydrogen-bond donors (Lipinski definition) is 0. The van der Waals surface area contributed by atoms with Crippen LogP contribution in [-0.4, -0.2) is 19.2 Å². The smallest absolute Gasteiger partial charge is 0.338 e. The summed E-state index contributed by atoms with van der Waals surface area (Å²) in [6, 6.07) is 15.5. The number of unbranched alkanes of at least 4 members (excludes halogenated alkanes) is 1. The van der Waals surface area contributed by atoms with E-state index in [1.807, 2.05) is 36.4 Å². The van der Waals surface area contributed by atoms with Gasteiger partial charge in [-0.2, -0.15) is 0 Å². The number of rotatable bonds is 7. The number of benzene rings is 2. The van der Waals surface area contributed by atoms with Crippen molar-refractivity contribution in [2.75, 3.05) is 13.2 Å². The van der Waals surface area contributed by atoms with E-state index in [4.69, 9.17) is 9.47 Å². The van der Waals surface area contributed by atoms with Crippen LogP contribution < -0.4 is 4.74 Å². The van der Waals surface area contributed by atoms with Crippen LogP contribution in [0.25, 0.3) is 11.1 Å². The molecule has 2 aromatic carbocycles. The highest BCUT2D eigenvalue weighted by atomic mass is 16.5. The predicted molar refractivity (Wildman–Crippen MR) is 88.2 cm³/mol. The topological polar surface area (TPSA) is 35.5 Å². The molecule has 0 aromatic heterocycles. The fourth-order valence-electron chi connectivity index (χ4n) is 2.09. The number of esters is 1. The molecule has 2 aromatic rings. The van der Waals surface area contributed by atoms with Crippen LogP contribution in [0.4, 0.5) is 0 Å². The molecule has 3 heteroatoms. The molecule has 0 saturated carbocycles. The maximum absolute atomic E-state index is 11.6. The molecule has 0 heterocycles. The number of hydrogen-bond acceptors (Lipinski definition) is 3. The average Bonchev–Trinajstić information content (AvgIpc) is 2.56. The summed E-state index contributed by atoms with van der Waals surface area (Å²) in [5.74, 6) is 0.606. The van der Waals surface area contributed by atoms with E-state index in [1.165, 1.54) is 0 Å². The second-order valence-corrected chi connectivity index (χ2v) is 5.02. The highest BCUT2D eigenvalue weighted by Gasteiger charge is 2.06. The van der Waals surface area contributed by atoms with Gasteiger partial charge in [0.15, 0.2) is 0 Å². The van der Waals surface area contributed by atoms with Gasteiger partial charge >= 0.3 is 5.97 Å². The summed E-state index contributed by atoms with van der Waals surface area (Å²) in [5.41, 5.74) is 2.73. The SMILES string of the molecule is CCCCOc1ccc(-c2ccc(C(=O)OCC)cc2)cc1. The summed E-state index contributed by atoms with van der Waals surface area (Å²) in [6.45, 7) is 5.09. The summed E-state index contributed by atoms with van der Waals surface area (Å²) >= 11 is 0. The van der Waals surface area contributed by atoms with E-state index < -0.39 is 0 Å². The van der Waals surface area contributed by atoms with E-state index in [1.54, 1.807) is 19.1 Å². The number of ether oxygens (including phenoxy) is 2. The lowest BCUT2D eigenvalue weighted by molar-refractivity contribution is 0.0526. The van der Waals surface area contributed by atoms with Crippen LogP contribution in [0.3, 0.4) is 0 Å². The Morgan fingerprint density at radius 2 is 1.50 bits per heavy atom. The van der Waals surface area contributed by atoms with Crippen molar-refractivity contribution in [2.24, 2.45) is 0 Å². The van der Waals surface area contributed by atoms with E-state index >= 15 is 0 Å². The number of carbonyl (C=O) groups excluding carboxylic acids is 1. The third-order valence-electron chi connectivity index (χ3n) is 3.35. The van der Waals surface area contributed by atoms with E-state index in [-0.39, 0.29) is 5.97 Å². The fraction of sp³-hybridized carbons (Fsp3) is 0.316. The first-order chi connectivity index (χ1) is 10.7. The molecule has 116 valence electrons. The minimum atomic E-state index is -0.284. The van der Waals surface area contributed by atoms with E-state index in [0.717, 1.165) is 36.3 Å². The molecule has 0 saturated heterocycles. The minimum Gasteiger partial charge on any atom is -0.494 e. The van der Waals surface area contributed by atoms with Gasteiger partial charge in [-0.3, -0.25) is 0 Å². The molecule has 0 aliphatic heterocycles. The van der Waals surface area contributed by atoms with Gasteiger partial charge in [0.1, 0.15) is 5.75 Å². The van der Waals surface area contributed by atoms with Gasteiger partial charge in [-0.25, -0.2) is 4.79 Å². The maximum Gasteiger partial charge on any atom is 0.338 e. The molecule has 0 amide bonds. The van der Waals surface area contributed by atoms with E-state index in [2.05, 4.69) is 6.92 Å². The number of carbonyl (C=O) groups is 1. The molecule has 0 unspecified atom stereocenters. The van der Waals surface area contributed by atoms with Crippen LogP contribution in [0.5, 0.6) is 5.75 Å². The van der Waals surface area contributed by atoms with E-state index in [0.29, 0.717) is 12.2 Å². The largest absolute Gasteiger partial charge is 0.494 e. The first-order valence-electron chi connectivity index (χ1n) is 7.75. The third kappa shape index (κ3) is 4.35. The van der Waals surface area contributed by atoms with Crippen LogP contribution in [-0.2, 0) is 4.74 Å². The first-order valence-corrected chi connectivity index (χ1v) is 7.75. The molecule has 0 radical (unpaired) electrons. The van der Waals surface area contributed by atoms with Crippen LogP contribution in [0.2, 0.25) is 0 Å². The Morgan fingerprint density at radius 3 is 2.05 bits per heavy atom. The molecule has 0 fully saturated rings. The van der Waals surface area contributed by atoms with Crippen LogP contribution in [0.1, 0.15) is 37.0 Å². The summed E-state index contributed by atoms with van der Waals surface area (Å²) in [6.07, 6.45) is 2.20. The van der Waals surface area contributed by atoms with E-state index in [9.17, 15) is 4.79 Å². The fourth-order valence-corrected chi connectivity index (χ4v) is 2.09. The molecule has 3 nitrogen and oxygen atoms in total. The minimum absolute atomic E-state index is 0.284. The molecular formula is C19H22O3. The van der Waals surface area contributed by atoms with Gasteiger partial charge in [-0.15, -0.1) is 0 Å². The molecule has 0 atom stereocenters. The Hall–Kier alpha value is -2.29. The van der Waals surface area contributed by atoms with Crippen molar-refractivity contribution in [3.05, 3.63) is 54.1 Å². The van der Waals surface area contributed by atoms with Gasteiger partial charge in [-0.1, -0.05) is 37.6 Å². The second kappa shape index (κ2) is 8.23. The summed E-state index contributed by atoms with van der Waals surface area (Å²) in [4.78, 5) is 11.6. The average molecular weight is 298 g/mol. The first kappa shape index (κ1) is 16.1. The molecule has 0 N–H and O–H groups in total.